The standard InChI is InChI=1S/C32H35FN4O3/c1-21-16-24(12-13-29(21)33)32-26(20-36(40-32)14-15-39-4)17-28(38)18-30-23(3)31(25-11-10-22(2)34-19-25)35-37(30)27-8-6-5-7-9-27/h5-13,16,19,26,32H,14-15,17-18,20H2,1-4H3/t26-,32+/m1/s1. The number of nitrogens with zero attached hydrogens (tertiary/aromatic N) is 4. The summed E-state index contributed by atoms with van der Waals surface area (Å²) in [7, 11) is 1.65. The number of carbonyl (C=O) groups is 1. The van der Waals surface area contributed by atoms with Crippen LogP contribution in [0.2, 0.25) is 0 Å². The number of hydrogen-bond acceptors (Lipinski definition) is 6. The summed E-state index contributed by atoms with van der Waals surface area (Å²) in [5, 5.41) is 6.79. The number of rotatable bonds is 10. The number of benzene rings is 2. The summed E-state index contributed by atoms with van der Waals surface area (Å²) < 4.78 is 21.1. The molecule has 2 aromatic carbocycles. The molecule has 1 fully saturated rings. The molecule has 40 heavy (non-hydrogen) atoms. The Balaban J connectivity index is 1.42. The normalized spacial score (nSPS) is 17.4. The second kappa shape index (κ2) is 12.2. The number of Topliss-reactive ketones (excluding diaryl/α,β-unsaturated/α-hetero) is 1. The van der Waals surface area contributed by atoms with Crippen LogP contribution >= 0.6 is 0 Å². The second-order valence-electron chi connectivity index (χ2n) is 10.5. The SMILES string of the molecule is COCCN1C[C@@H](CC(=O)Cc2c(C)c(-c3ccc(C)nc3)nn2-c2ccccc2)[C@H](c2ccc(F)c(C)c2)O1. The Morgan fingerprint density at radius 1 is 1.10 bits per heavy atom. The number of methoxy groups -OCH3 is 1. The quantitative estimate of drug-likeness (QED) is 0.254. The highest BCUT2D eigenvalue weighted by Gasteiger charge is 2.37. The first-order valence-electron chi connectivity index (χ1n) is 13.6. The number of ketones is 1. The van der Waals surface area contributed by atoms with Crippen LogP contribution in [0.25, 0.3) is 16.9 Å². The molecule has 3 heterocycles. The molecule has 0 bridgehead atoms. The van der Waals surface area contributed by atoms with Gasteiger partial charge in [-0.1, -0.05) is 30.3 Å². The summed E-state index contributed by atoms with van der Waals surface area (Å²) >= 11 is 0. The molecule has 4 aromatic rings. The van der Waals surface area contributed by atoms with E-state index in [0.29, 0.717) is 31.7 Å². The third-order valence-corrected chi connectivity index (χ3v) is 7.47. The molecule has 0 radical (unpaired) electrons. The van der Waals surface area contributed by atoms with Gasteiger partial charge in [0.25, 0.3) is 0 Å². The average Bonchev–Trinajstić information content (AvgIpc) is 3.50. The van der Waals surface area contributed by atoms with Crippen molar-refractivity contribution in [3.63, 3.8) is 0 Å². The zero-order chi connectivity index (χ0) is 28.2. The molecule has 0 N–H and O–H groups in total. The van der Waals surface area contributed by atoms with Crippen LogP contribution in [0.5, 0.6) is 0 Å². The van der Waals surface area contributed by atoms with Crippen molar-refractivity contribution < 1.29 is 18.8 Å². The first-order chi connectivity index (χ1) is 19.3. The largest absolute Gasteiger partial charge is 0.383 e. The minimum absolute atomic E-state index is 0.0802. The highest BCUT2D eigenvalue weighted by molar-refractivity contribution is 5.82. The number of hydroxylamine groups is 2. The van der Waals surface area contributed by atoms with Crippen LogP contribution in [0.15, 0.2) is 66.9 Å². The highest BCUT2D eigenvalue weighted by Crippen LogP contribution is 2.37. The maximum absolute atomic E-state index is 14.0. The van der Waals surface area contributed by atoms with E-state index in [1.807, 2.05) is 78.3 Å². The van der Waals surface area contributed by atoms with Crippen molar-refractivity contribution in [3.8, 4) is 16.9 Å². The number of ether oxygens (including phenoxy) is 1. The minimum atomic E-state index is -0.338. The zero-order valence-corrected chi connectivity index (χ0v) is 23.4. The van der Waals surface area contributed by atoms with Crippen molar-refractivity contribution >= 4 is 5.78 Å². The van der Waals surface area contributed by atoms with E-state index in [1.54, 1.807) is 20.1 Å². The number of para-hydroxylation sites is 1. The Bertz CT molecular complexity index is 1470. The fourth-order valence-corrected chi connectivity index (χ4v) is 5.29. The molecule has 1 aliphatic rings. The fraction of sp³-hybridized carbons (Fsp3) is 0.344. The molecule has 1 saturated heterocycles. The van der Waals surface area contributed by atoms with Gasteiger partial charge in [-0.05, 0) is 67.8 Å². The van der Waals surface area contributed by atoms with Crippen LogP contribution in [-0.2, 0) is 20.8 Å². The van der Waals surface area contributed by atoms with Crippen LogP contribution in [0.3, 0.4) is 0 Å². The number of pyridine rings is 1. The Kier molecular flexibility index (Phi) is 8.49. The minimum Gasteiger partial charge on any atom is -0.383 e. The van der Waals surface area contributed by atoms with Crippen molar-refractivity contribution in [2.45, 2.75) is 39.7 Å². The maximum Gasteiger partial charge on any atom is 0.139 e. The smallest absolute Gasteiger partial charge is 0.139 e. The fourth-order valence-electron chi connectivity index (χ4n) is 5.29. The highest BCUT2D eigenvalue weighted by atomic mass is 19.1. The van der Waals surface area contributed by atoms with Gasteiger partial charge >= 0.3 is 0 Å². The maximum atomic E-state index is 14.0. The number of aromatic nitrogens is 3. The Morgan fingerprint density at radius 3 is 2.60 bits per heavy atom. The van der Waals surface area contributed by atoms with Crippen LogP contribution in [0.1, 0.15) is 40.6 Å². The summed E-state index contributed by atoms with van der Waals surface area (Å²) in [4.78, 5) is 24.4. The molecule has 0 unspecified atom stereocenters. The molecule has 2 atom stereocenters. The van der Waals surface area contributed by atoms with Crippen molar-refractivity contribution in [2.24, 2.45) is 5.92 Å². The van der Waals surface area contributed by atoms with E-state index in [4.69, 9.17) is 14.7 Å². The molecule has 5 rings (SSSR count). The predicted molar refractivity (Wildman–Crippen MR) is 151 cm³/mol. The first kappa shape index (κ1) is 27.8. The van der Waals surface area contributed by atoms with E-state index in [1.165, 1.54) is 6.07 Å². The summed E-state index contributed by atoms with van der Waals surface area (Å²) in [6, 6.07) is 18.9. The molecule has 2 aromatic heterocycles. The lowest BCUT2D eigenvalue weighted by Crippen LogP contribution is -2.24. The van der Waals surface area contributed by atoms with Crippen molar-refractivity contribution in [2.75, 3.05) is 26.8 Å². The summed E-state index contributed by atoms with van der Waals surface area (Å²) in [5.41, 5.74) is 6.80. The summed E-state index contributed by atoms with van der Waals surface area (Å²) in [6.07, 6.45) is 2.04. The number of hydrogen-bond donors (Lipinski definition) is 0. The molecule has 0 amide bonds. The number of aryl methyl sites for hydroxylation is 2. The molecular weight excluding hydrogens is 507 g/mol. The zero-order valence-electron chi connectivity index (χ0n) is 23.4. The lowest BCUT2D eigenvalue weighted by Gasteiger charge is -2.18. The third-order valence-electron chi connectivity index (χ3n) is 7.47. The number of halogens is 1. The van der Waals surface area contributed by atoms with E-state index in [2.05, 4.69) is 4.98 Å². The monoisotopic (exact) mass is 542 g/mol. The molecule has 8 heteroatoms. The van der Waals surface area contributed by atoms with Gasteiger partial charge in [0.05, 0.1) is 23.7 Å². The van der Waals surface area contributed by atoms with Crippen LogP contribution in [0.4, 0.5) is 4.39 Å². The van der Waals surface area contributed by atoms with Gasteiger partial charge < -0.3 is 4.74 Å². The molecule has 0 aliphatic carbocycles. The van der Waals surface area contributed by atoms with E-state index in [9.17, 15) is 9.18 Å². The van der Waals surface area contributed by atoms with E-state index >= 15 is 0 Å². The van der Waals surface area contributed by atoms with Crippen LogP contribution in [0, 0.1) is 32.5 Å². The molecule has 208 valence electrons. The topological polar surface area (TPSA) is 69.5 Å². The van der Waals surface area contributed by atoms with Gasteiger partial charge in [-0.3, -0.25) is 14.6 Å². The first-order valence-corrected chi connectivity index (χ1v) is 13.6. The number of carbonyl (C=O) groups excluding carboxylic acids is 1. The Hall–Kier alpha value is -3.72. The second-order valence-corrected chi connectivity index (χ2v) is 10.5. The van der Waals surface area contributed by atoms with Gasteiger partial charge in [-0.25, -0.2) is 9.07 Å². The van der Waals surface area contributed by atoms with E-state index in [-0.39, 0.29) is 30.0 Å². The predicted octanol–water partition coefficient (Wildman–Crippen LogP) is 5.75. The lowest BCUT2D eigenvalue weighted by molar-refractivity contribution is -0.155. The molecule has 0 saturated carbocycles. The van der Waals surface area contributed by atoms with Gasteiger partial charge in [-0.15, -0.1) is 0 Å². The van der Waals surface area contributed by atoms with Gasteiger partial charge in [0.1, 0.15) is 17.7 Å². The Morgan fingerprint density at radius 2 is 1.90 bits per heavy atom. The average molecular weight is 543 g/mol. The van der Waals surface area contributed by atoms with Gasteiger partial charge in [0.15, 0.2) is 0 Å². The summed E-state index contributed by atoms with van der Waals surface area (Å²) in [5.74, 6) is -0.238. The molecular formula is C32H35FN4O3. The van der Waals surface area contributed by atoms with Gasteiger partial charge in [0.2, 0.25) is 0 Å². The molecule has 0 spiro atoms. The molecule has 1 aliphatic heterocycles. The van der Waals surface area contributed by atoms with Crippen molar-refractivity contribution in [1.82, 2.24) is 19.8 Å². The van der Waals surface area contributed by atoms with Crippen LogP contribution in [-0.4, -0.2) is 52.4 Å². The Labute approximate surface area is 234 Å². The van der Waals surface area contributed by atoms with Crippen molar-refractivity contribution in [3.05, 3.63) is 101 Å². The van der Waals surface area contributed by atoms with Crippen molar-refractivity contribution in [1.29, 1.82) is 0 Å². The molecule has 7 nitrogen and oxygen atoms in total. The third kappa shape index (κ3) is 6.04. The van der Waals surface area contributed by atoms with Gasteiger partial charge in [-0.2, -0.15) is 10.2 Å². The van der Waals surface area contributed by atoms with E-state index in [0.717, 1.165) is 39.5 Å². The summed E-state index contributed by atoms with van der Waals surface area (Å²) in [6.45, 7) is 7.40. The lowest BCUT2D eigenvalue weighted by atomic mass is 9.90. The van der Waals surface area contributed by atoms with Gasteiger partial charge in [0, 0.05) is 56.4 Å². The van der Waals surface area contributed by atoms with E-state index < -0.39 is 0 Å². The van der Waals surface area contributed by atoms with Crippen LogP contribution < -0.4 is 0 Å².